The number of alkyl halides is 2. The van der Waals surface area contributed by atoms with E-state index < -0.39 is 25.1 Å². The fourth-order valence-corrected chi connectivity index (χ4v) is 2.60. The van der Waals surface area contributed by atoms with Crippen LogP contribution in [0, 0.1) is 5.82 Å². The van der Waals surface area contributed by atoms with E-state index in [4.69, 9.17) is 9.84 Å². The molecule has 2 aromatic carbocycles. The largest absolute Gasteiger partial charge is 0.474 e. The lowest BCUT2D eigenvalue weighted by molar-refractivity contribution is -0.0497. The molecule has 1 aromatic heterocycles. The van der Waals surface area contributed by atoms with Gasteiger partial charge in [-0.25, -0.2) is 9.37 Å². The number of halogens is 3. The minimum absolute atomic E-state index is 0.0669. The van der Waals surface area contributed by atoms with Gasteiger partial charge in [0.1, 0.15) is 24.3 Å². The summed E-state index contributed by atoms with van der Waals surface area (Å²) in [6.07, 6.45) is 0.329. The van der Waals surface area contributed by atoms with Crippen molar-refractivity contribution in [1.29, 1.82) is 0 Å². The second kappa shape index (κ2) is 8.24. The van der Waals surface area contributed by atoms with Crippen molar-refractivity contribution < 1.29 is 32.9 Å². The standard InChI is InChI=1S/C19H16F3NO4/c20-12-3-1-2-11(6-12)17-8-23-18(26-10-13(25)9-24)15-5-4-14(7-16(15)17)27-19(21)22/h1-8,13,19,24-25H,9-10H2/t13-/m0/s1. The number of rotatable bonds is 7. The zero-order valence-electron chi connectivity index (χ0n) is 14.0. The van der Waals surface area contributed by atoms with Crippen LogP contribution in [-0.2, 0) is 0 Å². The van der Waals surface area contributed by atoms with Gasteiger partial charge in [-0.2, -0.15) is 8.78 Å². The van der Waals surface area contributed by atoms with Crippen LogP contribution in [0.5, 0.6) is 11.6 Å². The third kappa shape index (κ3) is 4.47. The Kier molecular flexibility index (Phi) is 5.78. The van der Waals surface area contributed by atoms with Crippen molar-refractivity contribution >= 4 is 10.8 Å². The third-order valence-electron chi connectivity index (χ3n) is 3.81. The van der Waals surface area contributed by atoms with Crippen LogP contribution in [0.3, 0.4) is 0 Å². The van der Waals surface area contributed by atoms with Gasteiger partial charge in [0, 0.05) is 22.5 Å². The molecule has 142 valence electrons. The zero-order chi connectivity index (χ0) is 19.4. The van der Waals surface area contributed by atoms with Crippen LogP contribution < -0.4 is 9.47 Å². The van der Waals surface area contributed by atoms with Gasteiger partial charge in [0.15, 0.2) is 0 Å². The maximum absolute atomic E-state index is 13.6. The summed E-state index contributed by atoms with van der Waals surface area (Å²) >= 11 is 0. The summed E-state index contributed by atoms with van der Waals surface area (Å²) in [4.78, 5) is 4.18. The van der Waals surface area contributed by atoms with Crippen LogP contribution in [-0.4, -0.2) is 41.1 Å². The number of benzene rings is 2. The summed E-state index contributed by atoms with van der Waals surface area (Å²) in [7, 11) is 0. The number of hydrogen-bond donors (Lipinski definition) is 2. The lowest BCUT2D eigenvalue weighted by atomic mass is 10.0. The molecular weight excluding hydrogens is 363 g/mol. The number of aliphatic hydroxyl groups excluding tert-OH is 2. The first-order chi connectivity index (χ1) is 13.0. The van der Waals surface area contributed by atoms with Crippen molar-refractivity contribution in [2.75, 3.05) is 13.2 Å². The molecule has 27 heavy (non-hydrogen) atoms. The molecule has 0 fully saturated rings. The summed E-state index contributed by atoms with van der Waals surface area (Å²) in [5, 5.41) is 19.3. The number of pyridine rings is 1. The Labute approximate surface area is 152 Å². The molecule has 0 spiro atoms. The van der Waals surface area contributed by atoms with Gasteiger partial charge in [-0.05, 0) is 35.9 Å². The Morgan fingerprint density at radius 1 is 1.07 bits per heavy atom. The average Bonchev–Trinajstić information content (AvgIpc) is 2.65. The predicted octanol–water partition coefficient (Wildman–Crippen LogP) is 3.37. The van der Waals surface area contributed by atoms with Gasteiger partial charge in [-0.3, -0.25) is 0 Å². The number of nitrogens with zero attached hydrogens (tertiary/aromatic N) is 1. The maximum atomic E-state index is 13.6. The smallest absolute Gasteiger partial charge is 0.387 e. The topological polar surface area (TPSA) is 71.8 Å². The highest BCUT2D eigenvalue weighted by molar-refractivity contribution is 5.99. The average molecular weight is 379 g/mol. The van der Waals surface area contributed by atoms with E-state index in [1.807, 2.05) is 0 Å². The van der Waals surface area contributed by atoms with E-state index in [0.717, 1.165) is 0 Å². The molecule has 0 amide bonds. The highest BCUT2D eigenvalue weighted by atomic mass is 19.3. The Hall–Kier alpha value is -2.84. The first-order valence-corrected chi connectivity index (χ1v) is 8.03. The fourth-order valence-electron chi connectivity index (χ4n) is 2.60. The summed E-state index contributed by atoms with van der Waals surface area (Å²) < 4.78 is 48.6. The van der Waals surface area contributed by atoms with Gasteiger partial charge in [-0.1, -0.05) is 12.1 Å². The summed E-state index contributed by atoms with van der Waals surface area (Å²) in [6.45, 7) is -3.67. The Balaban J connectivity index is 2.11. The number of aliphatic hydroxyl groups is 2. The summed E-state index contributed by atoms with van der Waals surface area (Å²) in [5.41, 5.74) is 1.00. The molecule has 3 aromatic rings. The van der Waals surface area contributed by atoms with E-state index in [9.17, 15) is 18.3 Å². The van der Waals surface area contributed by atoms with Crippen LogP contribution in [0.2, 0.25) is 0 Å². The summed E-state index contributed by atoms with van der Waals surface area (Å²) in [6, 6.07) is 9.99. The lowest BCUT2D eigenvalue weighted by Gasteiger charge is -2.14. The molecule has 3 rings (SSSR count). The van der Waals surface area contributed by atoms with Gasteiger partial charge in [0.05, 0.1) is 6.61 Å². The van der Waals surface area contributed by atoms with Crippen molar-refractivity contribution in [3.05, 3.63) is 54.5 Å². The van der Waals surface area contributed by atoms with Crippen molar-refractivity contribution in [2.24, 2.45) is 0 Å². The first-order valence-electron chi connectivity index (χ1n) is 8.03. The monoisotopic (exact) mass is 379 g/mol. The molecule has 0 radical (unpaired) electrons. The van der Waals surface area contributed by atoms with Crippen LogP contribution in [0.4, 0.5) is 13.2 Å². The first kappa shape index (κ1) is 18.9. The second-order valence-electron chi connectivity index (χ2n) is 5.72. The number of ether oxygens (including phenoxy) is 2. The van der Waals surface area contributed by atoms with Crippen LogP contribution >= 0.6 is 0 Å². The molecule has 0 unspecified atom stereocenters. The molecule has 0 aliphatic rings. The molecule has 0 aliphatic heterocycles. The molecule has 5 nitrogen and oxygen atoms in total. The molecule has 0 saturated heterocycles. The van der Waals surface area contributed by atoms with Crippen LogP contribution in [0.25, 0.3) is 21.9 Å². The second-order valence-corrected chi connectivity index (χ2v) is 5.72. The molecule has 2 N–H and O–H groups in total. The van der Waals surface area contributed by atoms with E-state index in [1.165, 1.54) is 42.6 Å². The SMILES string of the molecule is OC[C@H](O)COc1ncc(-c2cccc(F)c2)c2cc(OC(F)F)ccc12. The molecule has 8 heteroatoms. The van der Waals surface area contributed by atoms with Crippen molar-refractivity contribution in [2.45, 2.75) is 12.7 Å². The lowest BCUT2D eigenvalue weighted by Crippen LogP contribution is -2.21. The fraction of sp³-hybridized carbons (Fsp3) is 0.211. The number of aromatic nitrogens is 1. The van der Waals surface area contributed by atoms with Crippen molar-refractivity contribution in [3.63, 3.8) is 0 Å². The summed E-state index contributed by atoms with van der Waals surface area (Å²) in [5.74, 6) is -0.379. The van der Waals surface area contributed by atoms with Crippen LogP contribution in [0.1, 0.15) is 0 Å². The quantitative estimate of drug-likeness (QED) is 0.659. The predicted molar refractivity (Wildman–Crippen MR) is 92.4 cm³/mol. The highest BCUT2D eigenvalue weighted by Gasteiger charge is 2.14. The van der Waals surface area contributed by atoms with Crippen molar-refractivity contribution in [1.82, 2.24) is 4.98 Å². The minimum atomic E-state index is -2.99. The van der Waals surface area contributed by atoms with Gasteiger partial charge >= 0.3 is 6.61 Å². The Morgan fingerprint density at radius 2 is 1.89 bits per heavy atom. The van der Waals surface area contributed by atoms with Gasteiger partial charge < -0.3 is 19.7 Å². The zero-order valence-corrected chi connectivity index (χ0v) is 14.0. The molecule has 1 heterocycles. The number of fused-ring (bicyclic) bond motifs is 1. The Morgan fingerprint density at radius 3 is 2.59 bits per heavy atom. The Bertz CT molecular complexity index is 936. The minimum Gasteiger partial charge on any atom is -0.474 e. The van der Waals surface area contributed by atoms with E-state index in [0.29, 0.717) is 21.9 Å². The molecular formula is C19H16F3NO4. The van der Waals surface area contributed by atoms with E-state index in [2.05, 4.69) is 9.72 Å². The maximum Gasteiger partial charge on any atom is 0.387 e. The van der Waals surface area contributed by atoms with Gasteiger partial charge in [0.2, 0.25) is 5.88 Å². The third-order valence-corrected chi connectivity index (χ3v) is 3.81. The highest BCUT2D eigenvalue weighted by Crippen LogP contribution is 2.35. The molecule has 0 saturated carbocycles. The molecule has 0 aliphatic carbocycles. The van der Waals surface area contributed by atoms with Gasteiger partial charge in [-0.15, -0.1) is 0 Å². The molecule has 0 bridgehead atoms. The number of hydrogen-bond acceptors (Lipinski definition) is 5. The van der Waals surface area contributed by atoms with E-state index in [-0.39, 0.29) is 18.2 Å². The van der Waals surface area contributed by atoms with E-state index in [1.54, 1.807) is 6.07 Å². The normalized spacial score (nSPS) is 12.4. The van der Waals surface area contributed by atoms with Crippen molar-refractivity contribution in [3.8, 4) is 22.8 Å². The van der Waals surface area contributed by atoms with Gasteiger partial charge in [0.25, 0.3) is 0 Å². The van der Waals surface area contributed by atoms with Crippen LogP contribution in [0.15, 0.2) is 48.7 Å². The van der Waals surface area contributed by atoms with E-state index >= 15 is 0 Å². The molecule has 1 atom stereocenters.